The highest BCUT2D eigenvalue weighted by atomic mass is 16.5. The summed E-state index contributed by atoms with van der Waals surface area (Å²) in [7, 11) is 3.82. The Balaban J connectivity index is 1.63. The fourth-order valence-corrected chi connectivity index (χ4v) is 4.39. The topological polar surface area (TPSA) is 32.8 Å². The van der Waals surface area contributed by atoms with E-state index < -0.39 is 0 Å². The molecule has 2 fully saturated rings. The lowest BCUT2D eigenvalue weighted by atomic mass is 10.0. The minimum absolute atomic E-state index is 0.199. The second-order valence-electron chi connectivity index (χ2n) is 7.58. The lowest BCUT2D eigenvalue weighted by Gasteiger charge is -2.31. The molecular weight excluding hydrogens is 312 g/mol. The Bertz CT molecular complexity index is 567. The van der Waals surface area contributed by atoms with E-state index in [1.807, 2.05) is 12.1 Å². The van der Waals surface area contributed by atoms with Crippen LogP contribution in [0.25, 0.3) is 0 Å². The molecule has 3 rings (SSSR count). The molecule has 1 unspecified atom stereocenters. The molecule has 1 heterocycles. The van der Waals surface area contributed by atoms with Crippen molar-refractivity contribution in [3.63, 3.8) is 0 Å². The first kappa shape index (κ1) is 18.2. The van der Waals surface area contributed by atoms with Gasteiger partial charge in [-0.15, -0.1) is 0 Å². The van der Waals surface area contributed by atoms with E-state index in [1.54, 1.807) is 7.11 Å². The predicted molar refractivity (Wildman–Crippen MR) is 101 cm³/mol. The van der Waals surface area contributed by atoms with Gasteiger partial charge in [0.05, 0.1) is 19.7 Å². The van der Waals surface area contributed by atoms with Crippen LogP contribution in [0.2, 0.25) is 0 Å². The number of ether oxygens (including phenoxy) is 1. The van der Waals surface area contributed by atoms with Crippen LogP contribution >= 0.6 is 0 Å². The van der Waals surface area contributed by atoms with Gasteiger partial charge in [0.25, 0.3) is 0 Å². The van der Waals surface area contributed by atoms with E-state index in [0.29, 0.717) is 12.6 Å². The van der Waals surface area contributed by atoms with Crippen molar-refractivity contribution in [2.24, 2.45) is 0 Å². The van der Waals surface area contributed by atoms with Crippen LogP contribution in [0.5, 0.6) is 5.75 Å². The molecule has 25 heavy (non-hydrogen) atoms. The van der Waals surface area contributed by atoms with Crippen molar-refractivity contribution >= 4 is 5.91 Å². The quantitative estimate of drug-likeness (QED) is 0.757. The number of hydrogen-bond donors (Lipinski definition) is 0. The maximum absolute atomic E-state index is 13.0. The highest BCUT2D eigenvalue weighted by Gasteiger charge is 2.31. The third kappa shape index (κ3) is 4.55. The lowest BCUT2D eigenvalue weighted by molar-refractivity contribution is -0.133. The van der Waals surface area contributed by atoms with Crippen molar-refractivity contribution in [2.45, 2.75) is 63.5 Å². The molecule has 0 spiro atoms. The van der Waals surface area contributed by atoms with E-state index in [1.165, 1.54) is 44.1 Å². The molecule has 1 aromatic rings. The fourth-order valence-electron chi connectivity index (χ4n) is 4.39. The van der Waals surface area contributed by atoms with Crippen molar-refractivity contribution in [3.8, 4) is 5.75 Å². The molecule has 138 valence electrons. The minimum Gasteiger partial charge on any atom is -0.497 e. The van der Waals surface area contributed by atoms with E-state index in [4.69, 9.17) is 4.74 Å². The third-order valence-electron chi connectivity index (χ3n) is 5.88. The molecule has 4 nitrogen and oxygen atoms in total. The van der Waals surface area contributed by atoms with Gasteiger partial charge >= 0.3 is 0 Å². The highest BCUT2D eigenvalue weighted by molar-refractivity contribution is 5.79. The van der Waals surface area contributed by atoms with Crippen LogP contribution in [0.3, 0.4) is 0 Å². The van der Waals surface area contributed by atoms with Gasteiger partial charge in [-0.3, -0.25) is 9.69 Å². The van der Waals surface area contributed by atoms with Crippen LogP contribution in [0, 0.1) is 0 Å². The van der Waals surface area contributed by atoms with Gasteiger partial charge in [-0.1, -0.05) is 37.8 Å². The number of nitrogens with zero attached hydrogens (tertiary/aromatic N) is 2. The molecule has 1 atom stereocenters. The maximum atomic E-state index is 13.0. The number of hydrogen-bond acceptors (Lipinski definition) is 3. The SMILES string of the molecule is COc1cccc(C2CCCN2C(=O)CN(C)C2CCCCCC2)c1. The smallest absolute Gasteiger partial charge is 0.237 e. The zero-order chi connectivity index (χ0) is 17.6. The summed E-state index contributed by atoms with van der Waals surface area (Å²) in [5.41, 5.74) is 1.20. The number of likely N-dealkylation sites (N-methyl/N-ethyl adjacent to an activating group) is 1. The van der Waals surface area contributed by atoms with Gasteiger partial charge < -0.3 is 9.64 Å². The highest BCUT2D eigenvalue weighted by Crippen LogP contribution is 2.33. The van der Waals surface area contributed by atoms with Gasteiger partial charge in [-0.05, 0) is 50.4 Å². The average Bonchev–Trinajstić information content (AvgIpc) is 2.97. The number of methoxy groups -OCH3 is 1. The summed E-state index contributed by atoms with van der Waals surface area (Å²) < 4.78 is 5.35. The predicted octanol–water partition coefficient (Wildman–Crippen LogP) is 4.01. The average molecular weight is 344 g/mol. The number of carbonyl (C=O) groups excluding carboxylic acids is 1. The Morgan fingerprint density at radius 2 is 1.92 bits per heavy atom. The third-order valence-corrected chi connectivity index (χ3v) is 5.88. The Morgan fingerprint density at radius 3 is 2.64 bits per heavy atom. The van der Waals surface area contributed by atoms with Crippen LogP contribution in [0.15, 0.2) is 24.3 Å². The van der Waals surface area contributed by atoms with E-state index >= 15 is 0 Å². The molecule has 0 bridgehead atoms. The normalized spacial score (nSPS) is 22.2. The van der Waals surface area contributed by atoms with E-state index in [9.17, 15) is 4.79 Å². The summed E-state index contributed by atoms with van der Waals surface area (Å²) in [5.74, 6) is 1.14. The van der Waals surface area contributed by atoms with Gasteiger partial charge in [0.15, 0.2) is 0 Å². The van der Waals surface area contributed by atoms with Crippen LogP contribution in [-0.2, 0) is 4.79 Å². The van der Waals surface area contributed by atoms with E-state index in [2.05, 4.69) is 29.0 Å². The second kappa shape index (κ2) is 8.70. The number of benzene rings is 1. The summed E-state index contributed by atoms with van der Waals surface area (Å²) in [5, 5.41) is 0. The van der Waals surface area contributed by atoms with Crippen molar-refractivity contribution in [3.05, 3.63) is 29.8 Å². The second-order valence-corrected chi connectivity index (χ2v) is 7.58. The number of likely N-dealkylation sites (tertiary alicyclic amines) is 1. The van der Waals surface area contributed by atoms with E-state index in [-0.39, 0.29) is 11.9 Å². The standard InChI is InChI=1S/C21H32N2O2/c1-22(18-10-5-3-4-6-11-18)16-21(24)23-14-8-13-20(23)17-9-7-12-19(15-17)25-2/h7,9,12,15,18,20H,3-6,8,10-11,13-14,16H2,1-2H3. The van der Waals surface area contributed by atoms with Crippen molar-refractivity contribution in [2.75, 3.05) is 27.2 Å². The first-order valence-electron chi connectivity index (χ1n) is 9.82. The zero-order valence-electron chi connectivity index (χ0n) is 15.7. The summed E-state index contributed by atoms with van der Waals surface area (Å²) in [6.07, 6.45) is 9.92. The number of amides is 1. The first-order chi connectivity index (χ1) is 12.2. The Labute approximate surface area is 152 Å². The maximum Gasteiger partial charge on any atom is 0.237 e. The van der Waals surface area contributed by atoms with Gasteiger partial charge in [-0.25, -0.2) is 0 Å². The molecule has 1 aliphatic carbocycles. The minimum atomic E-state index is 0.199. The molecule has 2 aliphatic rings. The monoisotopic (exact) mass is 344 g/mol. The molecule has 0 aromatic heterocycles. The number of rotatable bonds is 5. The van der Waals surface area contributed by atoms with Gasteiger partial charge in [0.1, 0.15) is 5.75 Å². The van der Waals surface area contributed by atoms with Crippen LogP contribution in [0.4, 0.5) is 0 Å². The van der Waals surface area contributed by atoms with Crippen LogP contribution in [0.1, 0.15) is 63.0 Å². The Hall–Kier alpha value is -1.55. The van der Waals surface area contributed by atoms with Gasteiger partial charge in [0.2, 0.25) is 5.91 Å². The molecular formula is C21H32N2O2. The summed E-state index contributed by atoms with van der Waals surface area (Å²) in [6.45, 7) is 1.42. The van der Waals surface area contributed by atoms with Crippen LogP contribution in [-0.4, -0.2) is 49.0 Å². The van der Waals surface area contributed by atoms with E-state index in [0.717, 1.165) is 25.1 Å². The van der Waals surface area contributed by atoms with Gasteiger partial charge in [-0.2, -0.15) is 0 Å². The summed E-state index contributed by atoms with van der Waals surface area (Å²) in [4.78, 5) is 17.4. The fraction of sp³-hybridized carbons (Fsp3) is 0.667. The van der Waals surface area contributed by atoms with Gasteiger partial charge in [0, 0.05) is 12.6 Å². The molecule has 0 N–H and O–H groups in total. The molecule has 1 aromatic carbocycles. The molecule has 0 radical (unpaired) electrons. The molecule has 1 amide bonds. The molecule has 1 aliphatic heterocycles. The van der Waals surface area contributed by atoms with Crippen LogP contribution < -0.4 is 4.74 Å². The first-order valence-corrected chi connectivity index (χ1v) is 9.82. The van der Waals surface area contributed by atoms with Crippen molar-refractivity contribution in [1.82, 2.24) is 9.80 Å². The summed E-state index contributed by atoms with van der Waals surface area (Å²) >= 11 is 0. The number of carbonyl (C=O) groups is 1. The lowest BCUT2D eigenvalue weighted by Crippen LogP contribution is -2.42. The molecule has 1 saturated carbocycles. The zero-order valence-corrected chi connectivity index (χ0v) is 15.7. The molecule has 1 saturated heterocycles. The summed E-state index contributed by atoms with van der Waals surface area (Å²) in [6, 6.07) is 8.95. The molecule has 4 heteroatoms. The Morgan fingerprint density at radius 1 is 1.16 bits per heavy atom. The Kier molecular flexibility index (Phi) is 6.35. The largest absolute Gasteiger partial charge is 0.497 e. The van der Waals surface area contributed by atoms with Crippen molar-refractivity contribution < 1.29 is 9.53 Å². The van der Waals surface area contributed by atoms with Crippen molar-refractivity contribution in [1.29, 1.82) is 0 Å².